The third kappa shape index (κ3) is 3.92. The van der Waals surface area contributed by atoms with Crippen LogP contribution in [0.25, 0.3) is 0 Å². The van der Waals surface area contributed by atoms with E-state index in [0.717, 1.165) is 23.9 Å². The average Bonchev–Trinajstić information content (AvgIpc) is 3.04. The predicted molar refractivity (Wildman–Crippen MR) is 96.2 cm³/mol. The number of amides is 2. The Bertz CT molecular complexity index is 913. The molecule has 1 aliphatic heterocycles. The van der Waals surface area contributed by atoms with Crippen LogP contribution in [0.1, 0.15) is 17.0 Å². The standard InChI is InChI=1S/C18H16N4O5/c23-13-6-7-15(22(26)27)12(8-13)9-20-21-18(25)16-14(10-19-17(16)24)11-4-2-1-3-5-11/h1-9,14,16,23H,10H2,(H,19,24)(H,21,25). The molecular weight excluding hydrogens is 352 g/mol. The van der Waals surface area contributed by atoms with Crippen molar-refractivity contribution in [2.75, 3.05) is 6.54 Å². The lowest BCUT2D eigenvalue weighted by Crippen LogP contribution is -2.34. The summed E-state index contributed by atoms with van der Waals surface area (Å²) in [6.45, 7) is 0.336. The molecule has 0 aliphatic carbocycles. The van der Waals surface area contributed by atoms with Crippen LogP contribution in [-0.2, 0) is 9.59 Å². The summed E-state index contributed by atoms with van der Waals surface area (Å²) >= 11 is 0. The van der Waals surface area contributed by atoms with Gasteiger partial charge < -0.3 is 10.4 Å². The lowest BCUT2D eigenvalue weighted by molar-refractivity contribution is -0.385. The maximum atomic E-state index is 12.4. The van der Waals surface area contributed by atoms with Crippen molar-refractivity contribution in [3.8, 4) is 5.75 Å². The van der Waals surface area contributed by atoms with Gasteiger partial charge in [0.25, 0.3) is 11.6 Å². The Balaban J connectivity index is 1.75. The smallest absolute Gasteiger partial charge is 0.278 e. The fraction of sp³-hybridized carbons (Fsp3) is 0.167. The molecule has 9 heteroatoms. The van der Waals surface area contributed by atoms with E-state index in [1.807, 2.05) is 30.3 Å². The second-order valence-corrected chi connectivity index (χ2v) is 5.97. The molecule has 0 bridgehead atoms. The largest absolute Gasteiger partial charge is 0.508 e. The molecule has 1 saturated heterocycles. The number of nitro groups is 1. The van der Waals surface area contributed by atoms with Crippen LogP contribution in [0.5, 0.6) is 5.75 Å². The molecule has 0 radical (unpaired) electrons. The summed E-state index contributed by atoms with van der Waals surface area (Å²) in [6, 6.07) is 12.6. The van der Waals surface area contributed by atoms with E-state index in [4.69, 9.17) is 0 Å². The number of phenolic OH excluding ortho intramolecular Hbond substituents is 1. The number of hydrogen-bond donors (Lipinski definition) is 3. The van der Waals surface area contributed by atoms with Crippen LogP contribution in [-0.4, -0.2) is 34.6 Å². The van der Waals surface area contributed by atoms with Gasteiger partial charge >= 0.3 is 0 Å². The number of nitrogens with zero attached hydrogens (tertiary/aromatic N) is 2. The minimum Gasteiger partial charge on any atom is -0.508 e. The van der Waals surface area contributed by atoms with E-state index >= 15 is 0 Å². The van der Waals surface area contributed by atoms with Crippen molar-refractivity contribution in [3.63, 3.8) is 0 Å². The van der Waals surface area contributed by atoms with Gasteiger partial charge in [0.1, 0.15) is 11.7 Å². The van der Waals surface area contributed by atoms with Crippen LogP contribution in [0.15, 0.2) is 53.6 Å². The van der Waals surface area contributed by atoms with Gasteiger partial charge in [0, 0.05) is 18.5 Å². The summed E-state index contributed by atoms with van der Waals surface area (Å²) in [6.07, 6.45) is 1.06. The molecule has 1 aliphatic rings. The SMILES string of the molecule is O=C1NCC(c2ccccc2)C1C(=O)NN=Cc1cc(O)ccc1[N+](=O)[O-]. The average molecular weight is 368 g/mol. The molecule has 2 aromatic carbocycles. The van der Waals surface area contributed by atoms with Crippen molar-refractivity contribution in [1.29, 1.82) is 0 Å². The molecular formula is C18H16N4O5. The highest BCUT2D eigenvalue weighted by Crippen LogP contribution is 2.29. The van der Waals surface area contributed by atoms with Crippen LogP contribution in [0.4, 0.5) is 5.69 Å². The van der Waals surface area contributed by atoms with Gasteiger partial charge in [-0.15, -0.1) is 0 Å². The second kappa shape index (κ2) is 7.65. The molecule has 1 fully saturated rings. The molecule has 0 aromatic heterocycles. The van der Waals surface area contributed by atoms with E-state index < -0.39 is 22.7 Å². The van der Waals surface area contributed by atoms with Crippen molar-refractivity contribution >= 4 is 23.7 Å². The summed E-state index contributed by atoms with van der Waals surface area (Å²) in [5.41, 5.74) is 2.86. The molecule has 1 heterocycles. The summed E-state index contributed by atoms with van der Waals surface area (Å²) in [4.78, 5) is 34.9. The zero-order valence-electron chi connectivity index (χ0n) is 14.0. The number of hydrogen-bond acceptors (Lipinski definition) is 6. The van der Waals surface area contributed by atoms with Gasteiger partial charge in [-0.05, 0) is 17.7 Å². The third-order valence-corrected chi connectivity index (χ3v) is 4.28. The van der Waals surface area contributed by atoms with Crippen molar-refractivity contribution < 1.29 is 19.6 Å². The van der Waals surface area contributed by atoms with Gasteiger partial charge in [-0.3, -0.25) is 19.7 Å². The molecule has 3 rings (SSSR count). The topological polar surface area (TPSA) is 134 Å². The molecule has 2 unspecified atom stereocenters. The van der Waals surface area contributed by atoms with E-state index in [1.54, 1.807) is 0 Å². The lowest BCUT2D eigenvalue weighted by Gasteiger charge is -2.15. The van der Waals surface area contributed by atoms with E-state index in [1.165, 1.54) is 6.07 Å². The van der Waals surface area contributed by atoms with Crippen LogP contribution in [0.3, 0.4) is 0 Å². The van der Waals surface area contributed by atoms with Gasteiger partial charge in [0.2, 0.25) is 5.91 Å². The Morgan fingerprint density at radius 3 is 2.74 bits per heavy atom. The third-order valence-electron chi connectivity index (χ3n) is 4.28. The molecule has 2 atom stereocenters. The molecule has 0 saturated carbocycles. The molecule has 27 heavy (non-hydrogen) atoms. The van der Waals surface area contributed by atoms with Gasteiger partial charge in [-0.2, -0.15) is 5.10 Å². The summed E-state index contributed by atoms with van der Waals surface area (Å²) in [5.74, 6) is -2.47. The fourth-order valence-corrected chi connectivity index (χ4v) is 2.98. The highest BCUT2D eigenvalue weighted by molar-refractivity contribution is 6.03. The monoisotopic (exact) mass is 368 g/mol. The first-order valence-electron chi connectivity index (χ1n) is 8.10. The van der Waals surface area contributed by atoms with Gasteiger partial charge in [0.05, 0.1) is 16.7 Å². The fourth-order valence-electron chi connectivity index (χ4n) is 2.98. The minimum absolute atomic E-state index is 0.0239. The first kappa shape index (κ1) is 18.1. The number of hydrazone groups is 1. The maximum Gasteiger partial charge on any atom is 0.278 e. The maximum absolute atomic E-state index is 12.4. The Labute approximate surface area is 153 Å². The van der Waals surface area contributed by atoms with E-state index in [9.17, 15) is 24.8 Å². The number of aromatic hydroxyl groups is 1. The van der Waals surface area contributed by atoms with Crippen molar-refractivity contribution in [1.82, 2.24) is 10.7 Å². The summed E-state index contributed by atoms with van der Waals surface area (Å²) in [5, 5.41) is 26.9. The van der Waals surface area contributed by atoms with Crippen LogP contribution in [0.2, 0.25) is 0 Å². The summed E-state index contributed by atoms with van der Waals surface area (Å²) < 4.78 is 0. The summed E-state index contributed by atoms with van der Waals surface area (Å²) in [7, 11) is 0. The quantitative estimate of drug-likeness (QED) is 0.316. The van der Waals surface area contributed by atoms with Gasteiger partial charge in [-0.1, -0.05) is 30.3 Å². The second-order valence-electron chi connectivity index (χ2n) is 5.97. The zero-order valence-corrected chi connectivity index (χ0v) is 14.0. The van der Waals surface area contributed by atoms with Crippen LogP contribution in [0, 0.1) is 16.0 Å². The van der Waals surface area contributed by atoms with Crippen molar-refractivity contribution in [2.24, 2.45) is 11.0 Å². The van der Waals surface area contributed by atoms with Crippen molar-refractivity contribution in [2.45, 2.75) is 5.92 Å². The van der Waals surface area contributed by atoms with E-state index in [0.29, 0.717) is 6.54 Å². The molecule has 138 valence electrons. The van der Waals surface area contributed by atoms with Crippen molar-refractivity contribution in [3.05, 3.63) is 69.8 Å². The molecule has 2 amide bonds. The number of rotatable bonds is 5. The molecule has 0 spiro atoms. The highest BCUT2D eigenvalue weighted by atomic mass is 16.6. The van der Waals surface area contributed by atoms with E-state index in [2.05, 4.69) is 15.8 Å². The Morgan fingerprint density at radius 2 is 2.04 bits per heavy atom. The molecule has 3 N–H and O–H groups in total. The molecule has 2 aromatic rings. The van der Waals surface area contributed by atoms with Gasteiger partial charge in [-0.25, -0.2) is 5.43 Å². The van der Waals surface area contributed by atoms with Crippen LogP contribution >= 0.6 is 0 Å². The predicted octanol–water partition coefficient (Wildman–Crippen LogP) is 1.28. The number of phenols is 1. The Kier molecular flexibility index (Phi) is 5.11. The molecule has 9 nitrogen and oxygen atoms in total. The zero-order chi connectivity index (χ0) is 19.4. The number of carbonyl (C=O) groups excluding carboxylic acids is 2. The number of nitrogens with one attached hydrogen (secondary N) is 2. The lowest BCUT2D eigenvalue weighted by atomic mass is 9.88. The van der Waals surface area contributed by atoms with E-state index in [-0.39, 0.29) is 22.9 Å². The first-order chi connectivity index (χ1) is 13.0. The number of nitro benzene ring substituents is 1. The van der Waals surface area contributed by atoms with Crippen LogP contribution < -0.4 is 10.7 Å². The minimum atomic E-state index is -0.955. The van der Waals surface area contributed by atoms with Gasteiger partial charge in [0.15, 0.2) is 0 Å². The Morgan fingerprint density at radius 1 is 1.30 bits per heavy atom. The first-order valence-corrected chi connectivity index (χ1v) is 8.10. The Hall–Kier alpha value is -3.75. The normalized spacial score (nSPS) is 19.0. The number of benzene rings is 2. The number of carbonyl (C=O) groups is 2. The highest BCUT2D eigenvalue weighted by Gasteiger charge is 2.40.